The molecule has 0 fully saturated rings. The van der Waals surface area contributed by atoms with Gasteiger partial charge in [-0.1, -0.05) is 37.3 Å². The Morgan fingerprint density at radius 2 is 1.97 bits per heavy atom. The minimum atomic E-state index is -3.29. The highest BCUT2D eigenvalue weighted by Gasteiger charge is 2.29. The van der Waals surface area contributed by atoms with Crippen LogP contribution in [0.2, 0.25) is 0 Å². The largest absolute Gasteiger partial charge is 0.462 e. The van der Waals surface area contributed by atoms with E-state index in [1.54, 1.807) is 31.2 Å². The Hall–Kier alpha value is -2.19. The lowest BCUT2D eigenvalue weighted by Crippen LogP contribution is -2.17. The Balaban J connectivity index is 1.62. The summed E-state index contributed by atoms with van der Waals surface area (Å²) in [7, 11) is -3.29. The molecule has 3 rings (SSSR count). The molecule has 31 heavy (non-hydrogen) atoms. The van der Waals surface area contributed by atoms with Gasteiger partial charge in [-0.2, -0.15) is 0 Å². The van der Waals surface area contributed by atoms with Gasteiger partial charge in [0.05, 0.1) is 23.7 Å². The Morgan fingerprint density at radius 3 is 2.68 bits per heavy atom. The summed E-state index contributed by atoms with van der Waals surface area (Å²) in [5.74, 6) is -0.237. The number of ether oxygens (including phenoxy) is 1. The Bertz CT molecular complexity index is 1030. The topological polar surface area (TPSA) is 89.5 Å². The van der Waals surface area contributed by atoms with Gasteiger partial charge >= 0.3 is 5.97 Å². The molecule has 0 saturated heterocycles. The minimum Gasteiger partial charge on any atom is -0.462 e. The molecule has 1 N–H and O–H groups in total. The van der Waals surface area contributed by atoms with Crippen LogP contribution in [0.4, 0.5) is 5.00 Å². The van der Waals surface area contributed by atoms with Gasteiger partial charge in [0.25, 0.3) is 0 Å². The summed E-state index contributed by atoms with van der Waals surface area (Å²) in [5.41, 5.74) is 2.20. The molecule has 2 aromatic rings. The van der Waals surface area contributed by atoms with Crippen molar-refractivity contribution in [1.82, 2.24) is 0 Å². The zero-order valence-electron chi connectivity index (χ0n) is 18.0. The average molecular weight is 464 g/mol. The molecule has 1 amide bonds. The molecular weight excluding hydrogens is 434 g/mol. The number of thiophene rings is 1. The van der Waals surface area contributed by atoms with Crippen LogP contribution in [0, 0.1) is 5.92 Å². The minimum absolute atomic E-state index is 0.0295. The van der Waals surface area contributed by atoms with Crippen LogP contribution in [0.1, 0.15) is 59.5 Å². The number of hydrogen-bond donors (Lipinski definition) is 1. The fourth-order valence-electron chi connectivity index (χ4n) is 3.80. The summed E-state index contributed by atoms with van der Waals surface area (Å²) in [6.07, 6.45) is 3.00. The molecule has 1 aliphatic rings. The summed E-state index contributed by atoms with van der Waals surface area (Å²) in [6, 6.07) is 9.01. The van der Waals surface area contributed by atoms with Gasteiger partial charge in [-0.15, -0.1) is 11.3 Å². The van der Waals surface area contributed by atoms with Gasteiger partial charge in [0.2, 0.25) is 5.91 Å². The zero-order valence-corrected chi connectivity index (χ0v) is 19.6. The van der Waals surface area contributed by atoms with Crippen molar-refractivity contribution in [3.63, 3.8) is 0 Å². The van der Waals surface area contributed by atoms with Crippen molar-refractivity contribution >= 4 is 38.1 Å². The maximum atomic E-state index is 12.5. The van der Waals surface area contributed by atoms with E-state index < -0.39 is 15.8 Å². The van der Waals surface area contributed by atoms with Gasteiger partial charge in [0.1, 0.15) is 5.00 Å². The van der Waals surface area contributed by atoms with Crippen LogP contribution in [-0.2, 0) is 38.0 Å². The molecule has 168 valence electrons. The highest BCUT2D eigenvalue weighted by atomic mass is 32.2. The number of hydrogen-bond acceptors (Lipinski definition) is 6. The van der Waals surface area contributed by atoms with Crippen molar-refractivity contribution in [1.29, 1.82) is 0 Å². The quantitative estimate of drug-likeness (QED) is 0.557. The summed E-state index contributed by atoms with van der Waals surface area (Å²) >= 11 is 1.44. The first-order valence-electron chi connectivity index (χ1n) is 10.6. The molecule has 0 saturated carbocycles. The lowest BCUT2D eigenvalue weighted by atomic mass is 9.88. The number of rotatable bonds is 9. The number of amides is 1. The van der Waals surface area contributed by atoms with Crippen molar-refractivity contribution < 1.29 is 22.7 Å². The molecule has 1 aromatic carbocycles. The third-order valence-electron chi connectivity index (χ3n) is 5.33. The monoisotopic (exact) mass is 463 g/mol. The predicted octanol–water partition coefficient (Wildman–Crippen LogP) is 4.38. The molecule has 8 heteroatoms. The van der Waals surface area contributed by atoms with E-state index in [1.165, 1.54) is 11.3 Å². The molecule has 0 radical (unpaired) electrons. The number of anilines is 1. The van der Waals surface area contributed by atoms with Crippen molar-refractivity contribution in [2.45, 2.75) is 51.7 Å². The van der Waals surface area contributed by atoms with E-state index in [-0.39, 0.29) is 36.9 Å². The Morgan fingerprint density at radius 1 is 1.23 bits per heavy atom. The lowest BCUT2D eigenvalue weighted by molar-refractivity contribution is -0.116. The second-order valence-corrected chi connectivity index (χ2v) is 11.3. The molecule has 1 aliphatic carbocycles. The predicted molar refractivity (Wildman–Crippen MR) is 123 cm³/mol. The number of carbonyl (C=O) groups is 2. The van der Waals surface area contributed by atoms with E-state index in [9.17, 15) is 18.0 Å². The van der Waals surface area contributed by atoms with E-state index in [1.807, 2.05) is 6.07 Å². The van der Waals surface area contributed by atoms with E-state index in [2.05, 4.69) is 12.2 Å². The van der Waals surface area contributed by atoms with E-state index in [4.69, 9.17) is 4.74 Å². The van der Waals surface area contributed by atoms with Crippen LogP contribution in [0.5, 0.6) is 0 Å². The van der Waals surface area contributed by atoms with Crippen molar-refractivity contribution in [3.05, 3.63) is 51.9 Å². The van der Waals surface area contributed by atoms with E-state index >= 15 is 0 Å². The van der Waals surface area contributed by atoms with Crippen LogP contribution in [0.3, 0.4) is 0 Å². The number of fused-ring (bicyclic) bond motifs is 1. The molecule has 0 aliphatic heterocycles. The maximum Gasteiger partial charge on any atom is 0.341 e. The number of sulfone groups is 1. The lowest BCUT2D eigenvalue weighted by Gasteiger charge is -2.18. The number of esters is 1. The number of nitrogens with one attached hydrogen (secondary N) is 1. The molecule has 1 aromatic heterocycles. The second-order valence-electron chi connectivity index (χ2n) is 8.01. The molecule has 0 spiro atoms. The van der Waals surface area contributed by atoms with Crippen LogP contribution in [0.25, 0.3) is 0 Å². The second kappa shape index (κ2) is 10.4. The van der Waals surface area contributed by atoms with Gasteiger partial charge in [-0.3, -0.25) is 4.79 Å². The standard InChI is InChI=1S/C23H29NO5S2/c1-3-29-23(26)21-18-12-11-16(2)14-19(18)30-22(21)24-20(25)10-7-13-31(27,28)15-17-8-5-4-6-9-17/h4-6,8-9,16H,3,7,10-15H2,1-2H3,(H,24,25)/t16-/m1/s1. The third-order valence-corrected chi connectivity index (χ3v) is 8.19. The summed E-state index contributed by atoms with van der Waals surface area (Å²) in [4.78, 5) is 26.2. The highest BCUT2D eigenvalue weighted by Crippen LogP contribution is 2.40. The van der Waals surface area contributed by atoms with Crippen molar-refractivity contribution in [2.24, 2.45) is 5.92 Å². The van der Waals surface area contributed by atoms with Gasteiger partial charge in [-0.05, 0) is 49.7 Å². The number of benzene rings is 1. The molecule has 0 unspecified atom stereocenters. The fraction of sp³-hybridized carbons (Fsp3) is 0.478. The first-order valence-corrected chi connectivity index (χ1v) is 13.3. The smallest absolute Gasteiger partial charge is 0.341 e. The molecule has 1 heterocycles. The number of carbonyl (C=O) groups excluding carboxylic acids is 2. The van der Waals surface area contributed by atoms with Gasteiger partial charge in [-0.25, -0.2) is 13.2 Å². The zero-order chi connectivity index (χ0) is 22.4. The first kappa shape index (κ1) is 23.5. The normalized spacial score (nSPS) is 15.9. The Kier molecular flexibility index (Phi) is 7.89. The van der Waals surface area contributed by atoms with E-state index in [0.29, 0.717) is 16.5 Å². The van der Waals surface area contributed by atoms with Crippen molar-refractivity contribution in [2.75, 3.05) is 17.7 Å². The van der Waals surface area contributed by atoms with Crippen LogP contribution in [-0.4, -0.2) is 32.7 Å². The third kappa shape index (κ3) is 6.40. The van der Waals surface area contributed by atoms with Gasteiger partial charge < -0.3 is 10.1 Å². The maximum absolute atomic E-state index is 12.5. The Labute approximate surface area is 187 Å². The summed E-state index contributed by atoms with van der Waals surface area (Å²) < 4.78 is 29.9. The van der Waals surface area contributed by atoms with Crippen LogP contribution >= 0.6 is 11.3 Å². The fourth-order valence-corrected chi connectivity index (χ4v) is 6.64. The SMILES string of the molecule is CCOC(=O)c1c(NC(=O)CCCS(=O)(=O)Cc2ccccc2)sc2c1CC[C@@H](C)C2. The molecule has 1 atom stereocenters. The molecular formula is C23H29NO5S2. The molecule has 6 nitrogen and oxygen atoms in total. The first-order chi connectivity index (χ1) is 14.8. The van der Waals surface area contributed by atoms with E-state index in [0.717, 1.165) is 35.3 Å². The van der Waals surface area contributed by atoms with Crippen molar-refractivity contribution in [3.8, 4) is 0 Å². The molecule has 0 bridgehead atoms. The summed E-state index contributed by atoms with van der Waals surface area (Å²) in [6.45, 7) is 4.21. The van der Waals surface area contributed by atoms with Crippen LogP contribution < -0.4 is 5.32 Å². The van der Waals surface area contributed by atoms with Gasteiger partial charge in [0, 0.05) is 11.3 Å². The van der Waals surface area contributed by atoms with Gasteiger partial charge in [0.15, 0.2) is 9.84 Å². The highest BCUT2D eigenvalue weighted by molar-refractivity contribution is 7.90. The summed E-state index contributed by atoms with van der Waals surface area (Å²) in [5, 5.41) is 3.36. The van der Waals surface area contributed by atoms with Crippen LogP contribution in [0.15, 0.2) is 30.3 Å². The average Bonchev–Trinajstić information content (AvgIpc) is 3.05.